The zero-order chi connectivity index (χ0) is 17.1. The van der Waals surface area contributed by atoms with Crippen molar-refractivity contribution in [3.05, 3.63) is 24.6 Å². The number of hydrogen-bond acceptors (Lipinski definition) is 2. The Hall–Kier alpha value is -1.29. The van der Waals surface area contributed by atoms with E-state index in [1.807, 2.05) is 0 Å². The molecule has 0 aromatic carbocycles. The highest BCUT2D eigenvalue weighted by Gasteiger charge is 2.41. The molecule has 0 aromatic rings. The van der Waals surface area contributed by atoms with Crippen LogP contribution in [0.1, 0.15) is 72.6 Å². The van der Waals surface area contributed by atoms with Crippen LogP contribution in [0.4, 0.5) is 0 Å². The van der Waals surface area contributed by atoms with Gasteiger partial charge in [-0.25, -0.2) is 0 Å². The van der Waals surface area contributed by atoms with Gasteiger partial charge in [0.25, 0.3) is 0 Å². The Kier molecular flexibility index (Phi) is 9.00. The highest BCUT2D eigenvalue weighted by Crippen LogP contribution is 2.26. The first-order valence-corrected chi connectivity index (χ1v) is 9.29. The molecule has 1 amide bonds. The molecule has 1 heterocycles. The quantitative estimate of drug-likeness (QED) is 0.343. The van der Waals surface area contributed by atoms with Gasteiger partial charge in [-0.05, 0) is 32.6 Å². The minimum atomic E-state index is 0.0429. The summed E-state index contributed by atoms with van der Waals surface area (Å²) in [5.41, 5.74) is 0. The van der Waals surface area contributed by atoms with Crippen molar-refractivity contribution in [3.63, 3.8) is 0 Å². The number of hydrogen-bond donors (Lipinski definition) is 2. The molecule has 0 radical (unpaired) electrons. The number of quaternary nitrogens is 1. The molecule has 2 N–H and O–H groups in total. The molecule has 4 heteroatoms. The Balaban J connectivity index is 2.38. The summed E-state index contributed by atoms with van der Waals surface area (Å²) in [5.74, 6) is 0.0429. The smallest absolute Gasteiger partial charge is 0.221 e. The Bertz CT molecular complexity index is 405. The van der Waals surface area contributed by atoms with Gasteiger partial charge in [-0.2, -0.15) is 0 Å². The Labute approximate surface area is 142 Å². The molecule has 0 aliphatic carbocycles. The molecule has 3 atom stereocenters. The lowest BCUT2D eigenvalue weighted by Gasteiger charge is -2.41. The molecule has 1 rings (SSSR count). The maximum absolute atomic E-state index is 11.4. The number of unbranched alkanes of at least 4 members (excludes halogenated alkanes) is 4. The summed E-state index contributed by atoms with van der Waals surface area (Å²) in [5, 5.41) is 6.57. The van der Waals surface area contributed by atoms with Crippen molar-refractivity contribution in [2.45, 2.75) is 85.0 Å². The topological polar surface area (TPSA) is 41.1 Å². The van der Waals surface area contributed by atoms with Crippen molar-refractivity contribution in [3.8, 4) is 0 Å². The van der Waals surface area contributed by atoms with Crippen LogP contribution in [0.5, 0.6) is 0 Å². The van der Waals surface area contributed by atoms with Gasteiger partial charge in [0.15, 0.2) is 12.3 Å². The van der Waals surface area contributed by atoms with Crippen LogP contribution in [-0.4, -0.2) is 29.3 Å². The van der Waals surface area contributed by atoms with Crippen LogP contribution in [0.25, 0.3) is 0 Å². The fourth-order valence-corrected chi connectivity index (χ4v) is 3.45. The Morgan fingerprint density at radius 3 is 2.65 bits per heavy atom. The number of nitrogens with zero attached hydrogens (tertiary/aromatic N) is 1. The normalized spacial score (nSPS) is 24.8. The lowest BCUT2D eigenvalue weighted by atomic mass is 10.1. The first kappa shape index (κ1) is 19.8. The zero-order valence-corrected chi connectivity index (χ0v) is 15.5. The third-order valence-electron chi connectivity index (χ3n) is 4.87. The van der Waals surface area contributed by atoms with Crippen LogP contribution < -0.4 is 10.6 Å². The van der Waals surface area contributed by atoms with Crippen LogP contribution in [0.3, 0.4) is 0 Å². The van der Waals surface area contributed by atoms with Crippen LogP contribution in [0.2, 0.25) is 0 Å². The van der Waals surface area contributed by atoms with Crippen molar-refractivity contribution in [2.24, 2.45) is 0 Å². The van der Waals surface area contributed by atoms with E-state index < -0.39 is 0 Å². The van der Waals surface area contributed by atoms with Gasteiger partial charge in [-0.1, -0.05) is 31.9 Å². The standard InChI is InChI=1S/C19H35N3O/c1-5-7-8-9-10-11-12-13-14-19-20-15-16-22(19,6-2)17(3)21-18(4)23/h8-9,15-17,19-20H,5-7,10-14H2,1-4H3/p+1/b9-8+. The van der Waals surface area contributed by atoms with Gasteiger partial charge in [-0.15, -0.1) is 0 Å². The van der Waals surface area contributed by atoms with Gasteiger partial charge in [-0.3, -0.25) is 9.28 Å². The second kappa shape index (κ2) is 10.5. The largest absolute Gasteiger partial charge is 0.338 e. The maximum Gasteiger partial charge on any atom is 0.221 e. The molecular formula is C19H36N3O+. The molecule has 4 nitrogen and oxygen atoms in total. The molecule has 132 valence electrons. The highest BCUT2D eigenvalue weighted by molar-refractivity contribution is 5.72. The predicted octanol–water partition coefficient (Wildman–Crippen LogP) is 4.01. The number of rotatable bonds is 11. The summed E-state index contributed by atoms with van der Waals surface area (Å²) in [4.78, 5) is 11.4. The van der Waals surface area contributed by atoms with Gasteiger partial charge in [0.1, 0.15) is 6.20 Å². The summed E-state index contributed by atoms with van der Waals surface area (Å²) in [6.07, 6.45) is 17.9. The Morgan fingerprint density at radius 2 is 2.00 bits per heavy atom. The summed E-state index contributed by atoms with van der Waals surface area (Å²) in [6, 6.07) is 0. The first-order chi connectivity index (χ1) is 11.1. The van der Waals surface area contributed by atoms with E-state index in [9.17, 15) is 4.79 Å². The minimum Gasteiger partial charge on any atom is -0.338 e. The van der Waals surface area contributed by atoms with Crippen molar-refractivity contribution < 1.29 is 9.28 Å². The van der Waals surface area contributed by atoms with E-state index in [4.69, 9.17) is 0 Å². The van der Waals surface area contributed by atoms with E-state index in [2.05, 4.69) is 56.0 Å². The summed E-state index contributed by atoms with van der Waals surface area (Å²) >= 11 is 0. The van der Waals surface area contributed by atoms with Crippen molar-refractivity contribution in [2.75, 3.05) is 6.54 Å². The fourth-order valence-electron chi connectivity index (χ4n) is 3.45. The number of carbonyl (C=O) groups excluding carboxylic acids is 1. The second-order valence-electron chi connectivity index (χ2n) is 6.58. The molecule has 0 aromatic heterocycles. The summed E-state index contributed by atoms with van der Waals surface area (Å²) in [6.45, 7) is 9.09. The molecule has 0 bridgehead atoms. The minimum absolute atomic E-state index is 0.0429. The van der Waals surface area contributed by atoms with Gasteiger partial charge in [0.2, 0.25) is 5.91 Å². The first-order valence-electron chi connectivity index (χ1n) is 9.29. The van der Waals surface area contributed by atoms with Crippen LogP contribution in [-0.2, 0) is 4.79 Å². The van der Waals surface area contributed by atoms with Crippen LogP contribution in [0, 0.1) is 0 Å². The Morgan fingerprint density at radius 1 is 1.26 bits per heavy atom. The predicted molar refractivity (Wildman–Crippen MR) is 97.3 cm³/mol. The van der Waals surface area contributed by atoms with Crippen molar-refractivity contribution in [1.29, 1.82) is 0 Å². The average Bonchev–Trinajstić information content (AvgIpc) is 2.93. The molecule has 1 aliphatic rings. The third kappa shape index (κ3) is 6.02. The number of allylic oxidation sites excluding steroid dienone is 2. The maximum atomic E-state index is 11.4. The number of amides is 1. The van der Waals surface area contributed by atoms with Gasteiger partial charge >= 0.3 is 0 Å². The number of nitrogens with one attached hydrogen (secondary N) is 2. The van der Waals surface area contributed by atoms with E-state index in [1.165, 1.54) is 38.5 Å². The van der Waals surface area contributed by atoms with Gasteiger partial charge in [0, 0.05) is 20.3 Å². The summed E-state index contributed by atoms with van der Waals surface area (Å²) < 4.78 is 0.802. The molecule has 0 saturated heterocycles. The van der Waals surface area contributed by atoms with Crippen molar-refractivity contribution >= 4 is 5.91 Å². The molecular weight excluding hydrogens is 286 g/mol. The third-order valence-corrected chi connectivity index (χ3v) is 4.87. The lowest BCUT2D eigenvalue weighted by Crippen LogP contribution is -2.62. The SMILES string of the molecule is CCC/C=C/CCCCCC1NC=C[N+]1(CC)C(C)NC(C)=O. The van der Waals surface area contributed by atoms with E-state index in [1.54, 1.807) is 6.92 Å². The lowest BCUT2D eigenvalue weighted by molar-refractivity contribution is -0.923. The van der Waals surface area contributed by atoms with E-state index >= 15 is 0 Å². The second-order valence-corrected chi connectivity index (χ2v) is 6.58. The number of carbonyl (C=O) groups is 1. The molecule has 0 spiro atoms. The fraction of sp³-hybridized carbons (Fsp3) is 0.737. The molecule has 0 fully saturated rings. The monoisotopic (exact) mass is 322 g/mol. The summed E-state index contributed by atoms with van der Waals surface area (Å²) in [7, 11) is 0. The molecule has 23 heavy (non-hydrogen) atoms. The molecule has 1 aliphatic heterocycles. The zero-order valence-electron chi connectivity index (χ0n) is 15.5. The van der Waals surface area contributed by atoms with Crippen LogP contribution >= 0.6 is 0 Å². The highest BCUT2D eigenvalue weighted by atomic mass is 16.1. The average molecular weight is 323 g/mol. The van der Waals surface area contributed by atoms with E-state index in [-0.39, 0.29) is 12.1 Å². The molecule has 3 unspecified atom stereocenters. The van der Waals surface area contributed by atoms with Crippen LogP contribution in [0.15, 0.2) is 24.6 Å². The molecule has 0 saturated carbocycles. The van der Waals surface area contributed by atoms with Gasteiger partial charge < -0.3 is 10.6 Å². The van der Waals surface area contributed by atoms with Gasteiger partial charge in [0.05, 0.1) is 12.7 Å². The van der Waals surface area contributed by atoms with Crippen molar-refractivity contribution in [1.82, 2.24) is 10.6 Å². The van der Waals surface area contributed by atoms with E-state index in [0.717, 1.165) is 17.4 Å². The van der Waals surface area contributed by atoms with E-state index in [0.29, 0.717) is 6.17 Å².